The second-order valence-electron chi connectivity index (χ2n) is 3.08. The molecule has 1 fully saturated rings. The van der Waals surface area contributed by atoms with Crippen molar-refractivity contribution < 1.29 is 14.3 Å². The fourth-order valence-corrected chi connectivity index (χ4v) is 1.36. The van der Waals surface area contributed by atoms with Crippen LogP contribution >= 0.6 is 11.6 Å². The van der Waals surface area contributed by atoms with Crippen LogP contribution in [0.4, 0.5) is 4.39 Å². The minimum absolute atomic E-state index is 0.250. The molecule has 0 bridgehead atoms. The molecule has 0 aliphatic heterocycles. The molecule has 76 valence electrons. The van der Waals surface area contributed by atoms with Crippen LogP contribution in [0.5, 0.6) is 0 Å². The summed E-state index contributed by atoms with van der Waals surface area (Å²) in [4.78, 5) is 8.36. The fraction of sp³-hybridized carbons (Fsp3) is 0.300. The normalized spacial score (nSPS) is 16.4. The highest BCUT2D eigenvalue weighted by atomic mass is 35.5. The van der Waals surface area contributed by atoms with Crippen molar-refractivity contribution in [3.05, 3.63) is 34.9 Å². The number of halogens is 2. The van der Waals surface area contributed by atoms with E-state index in [9.17, 15) is 4.39 Å². The quantitative estimate of drug-likeness (QED) is 0.733. The van der Waals surface area contributed by atoms with Crippen molar-refractivity contribution in [2.24, 2.45) is 0 Å². The molecule has 0 heterocycles. The Hall–Kier alpha value is -1.09. The SMILES string of the molecule is FC1(c2cccc(Cl)c2)CC1.O=CO. The summed E-state index contributed by atoms with van der Waals surface area (Å²) in [7, 11) is 0. The molecule has 0 saturated heterocycles. The van der Waals surface area contributed by atoms with Gasteiger partial charge in [0.1, 0.15) is 5.67 Å². The number of hydrogen-bond donors (Lipinski definition) is 1. The molecule has 0 amide bonds. The van der Waals surface area contributed by atoms with E-state index in [4.69, 9.17) is 21.5 Å². The van der Waals surface area contributed by atoms with E-state index >= 15 is 0 Å². The Labute approximate surface area is 86.3 Å². The van der Waals surface area contributed by atoms with Crippen molar-refractivity contribution in [1.82, 2.24) is 0 Å². The second-order valence-corrected chi connectivity index (χ2v) is 3.52. The summed E-state index contributed by atoms with van der Waals surface area (Å²) in [6.45, 7) is -0.250. The van der Waals surface area contributed by atoms with Crippen LogP contribution in [0.15, 0.2) is 24.3 Å². The van der Waals surface area contributed by atoms with Crippen LogP contribution < -0.4 is 0 Å². The lowest BCUT2D eigenvalue weighted by molar-refractivity contribution is -0.122. The number of hydrogen-bond acceptors (Lipinski definition) is 1. The molecule has 0 spiro atoms. The first kappa shape index (κ1) is 11.0. The minimum Gasteiger partial charge on any atom is -0.483 e. The van der Waals surface area contributed by atoms with Gasteiger partial charge in [-0.15, -0.1) is 0 Å². The fourth-order valence-electron chi connectivity index (χ4n) is 1.17. The first-order valence-corrected chi connectivity index (χ1v) is 4.53. The van der Waals surface area contributed by atoms with E-state index in [0.717, 1.165) is 5.56 Å². The maximum Gasteiger partial charge on any atom is 0.290 e. The summed E-state index contributed by atoms with van der Waals surface area (Å²) in [5.41, 5.74) is -0.324. The van der Waals surface area contributed by atoms with Crippen LogP contribution in [0.2, 0.25) is 5.02 Å². The molecule has 1 aromatic rings. The maximum atomic E-state index is 13.4. The molecule has 1 aliphatic rings. The molecular formula is C10H10ClFO2. The Kier molecular flexibility index (Phi) is 3.47. The van der Waals surface area contributed by atoms with E-state index in [0.29, 0.717) is 17.9 Å². The van der Waals surface area contributed by atoms with E-state index in [1.807, 2.05) is 0 Å². The number of carbonyl (C=O) groups is 1. The summed E-state index contributed by atoms with van der Waals surface area (Å²) >= 11 is 5.71. The van der Waals surface area contributed by atoms with E-state index < -0.39 is 5.67 Å². The third-order valence-electron chi connectivity index (χ3n) is 2.03. The number of alkyl halides is 1. The average molecular weight is 217 g/mol. The molecule has 1 aromatic carbocycles. The van der Waals surface area contributed by atoms with Crippen molar-refractivity contribution >= 4 is 18.1 Å². The number of rotatable bonds is 1. The monoisotopic (exact) mass is 216 g/mol. The third-order valence-corrected chi connectivity index (χ3v) is 2.27. The molecular weight excluding hydrogens is 207 g/mol. The highest BCUT2D eigenvalue weighted by Crippen LogP contribution is 2.49. The lowest BCUT2D eigenvalue weighted by atomic mass is 10.1. The van der Waals surface area contributed by atoms with Gasteiger partial charge < -0.3 is 5.11 Å². The predicted molar refractivity (Wildman–Crippen MR) is 52.2 cm³/mol. The van der Waals surface area contributed by atoms with Gasteiger partial charge in [-0.3, -0.25) is 4.79 Å². The van der Waals surface area contributed by atoms with Crippen LogP contribution in [0.3, 0.4) is 0 Å². The Morgan fingerprint density at radius 1 is 1.50 bits per heavy atom. The van der Waals surface area contributed by atoms with Gasteiger partial charge >= 0.3 is 0 Å². The average Bonchev–Trinajstić information content (AvgIpc) is 2.87. The van der Waals surface area contributed by atoms with Crippen LogP contribution in [0.25, 0.3) is 0 Å². The van der Waals surface area contributed by atoms with Gasteiger partial charge in [0, 0.05) is 5.02 Å². The van der Waals surface area contributed by atoms with Gasteiger partial charge in [0.15, 0.2) is 0 Å². The Morgan fingerprint density at radius 3 is 2.50 bits per heavy atom. The van der Waals surface area contributed by atoms with Crippen molar-refractivity contribution in [2.45, 2.75) is 18.5 Å². The topological polar surface area (TPSA) is 37.3 Å². The summed E-state index contributed by atoms with van der Waals surface area (Å²) in [5, 5.41) is 7.51. The van der Waals surface area contributed by atoms with Crippen molar-refractivity contribution in [1.29, 1.82) is 0 Å². The molecule has 1 N–H and O–H groups in total. The molecule has 0 atom stereocenters. The first-order valence-electron chi connectivity index (χ1n) is 4.15. The molecule has 0 aromatic heterocycles. The van der Waals surface area contributed by atoms with E-state index in [2.05, 4.69) is 0 Å². The molecule has 1 aliphatic carbocycles. The summed E-state index contributed by atoms with van der Waals surface area (Å²) in [6, 6.07) is 7.04. The minimum atomic E-state index is -1.05. The molecule has 1 saturated carbocycles. The predicted octanol–water partition coefficient (Wildman–Crippen LogP) is 3.00. The van der Waals surface area contributed by atoms with Crippen molar-refractivity contribution in [3.63, 3.8) is 0 Å². The standard InChI is InChI=1S/C9H8ClF.CH2O2/c10-8-3-1-2-7(6-8)9(11)4-5-9;2-1-3/h1-3,6H,4-5H2;1H,(H,2,3). The summed E-state index contributed by atoms with van der Waals surface area (Å²) in [5.74, 6) is 0. The lowest BCUT2D eigenvalue weighted by Crippen LogP contribution is -1.95. The van der Waals surface area contributed by atoms with Gasteiger partial charge in [0.05, 0.1) is 0 Å². The van der Waals surface area contributed by atoms with E-state index in [-0.39, 0.29) is 6.47 Å². The lowest BCUT2D eigenvalue weighted by Gasteiger charge is -2.03. The first-order chi connectivity index (χ1) is 6.62. The van der Waals surface area contributed by atoms with Gasteiger partial charge in [0.25, 0.3) is 6.47 Å². The molecule has 2 nitrogen and oxygen atoms in total. The number of carboxylic acid groups (broad SMARTS) is 1. The van der Waals surface area contributed by atoms with E-state index in [1.54, 1.807) is 24.3 Å². The molecule has 4 heteroatoms. The van der Waals surface area contributed by atoms with Gasteiger partial charge in [-0.1, -0.05) is 23.7 Å². The zero-order valence-corrected chi connectivity index (χ0v) is 8.17. The van der Waals surface area contributed by atoms with Crippen molar-refractivity contribution in [3.8, 4) is 0 Å². The third kappa shape index (κ3) is 2.70. The number of benzene rings is 1. The second kappa shape index (κ2) is 4.42. The zero-order chi connectivity index (χ0) is 10.6. The van der Waals surface area contributed by atoms with Crippen LogP contribution in [-0.2, 0) is 10.5 Å². The Morgan fingerprint density at radius 2 is 2.07 bits per heavy atom. The van der Waals surface area contributed by atoms with Gasteiger partial charge in [-0.2, -0.15) is 0 Å². The van der Waals surface area contributed by atoms with Crippen LogP contribution in [-0.4, -0.2) is 11.6 Å². The smallest absolute Gasteiger partial charge is 0.290 e. The van der Waals surface area contributed by atoms with Gasteiger partial charge in [-0.05, 0) is 30.5 Å². The molecule has 0 radical (unpaired) electrons. The molecule has 2 rings (SSSR count). The highest BCUT2D eigenvalue weighted by molar-refractivity contribution is 6.30. The van der Waals surface area contributed by atoms with Crippen molar-refractivity contribution in [2.75, 3.05) is 0 Å². The largest absolute Gasteiger partial charge is 0.483 e. The Balaban J connectivity index is 0.000000293. The maximum absolute atomic E-state index is 13.4. The van der Waals surface area contributed by atoms with Gasteiger partial charge in [-0.25, -0.2) is 4.39 Å². The van der Waals surface area contributed by atoms with Crippen LogP contribution in [0, 0.1) is 0 Å². The highest BCUT2D eigenvalue weighted by Gasteiger charge is 2.44. The summed E-state index contributed by atoms with van der Waals surface area (Å²) < 4.78 is 13.4. The molecule has 0 unspecified atom stereocenters. The van der Waals surface area contributed by atoms with Gasteiger partial charge in [0.2, 0.25) is 0 Å². The van der Waals surface area contributed by atoms with Crippen LogP contribution in [0.1, 0.15) is 18.4 Å². The van der Waals surface area contributed by atoms with E-state index in [1.165, 1.54) is 0 Å². The summed E-state index contributed by atoms with van der Waals surface area (Å²) in [6.07, 6.45) is 1.29. The zero-order valence-electron chi connectivity index (χ0n) is 7.41. The Bertz CT molecular complexity index is 324. The molecule has 14 heavy (non-hydrogen) atoms.